The Balaban J connectivity index is 1.69. The Morgan fingerprint density at radius 1 is 0.960 bits per heavy atom. The van der Waals surface area contributed by atoms with Gasteiger partial charge in [0, 0.05) is 49.2 Å². The molecular weight excluding hydrogens is 317 g/mol. The van der Waals surface area contributed by atoms with E-state index in [9.17, 15) is 4.39 Å². The number of aryl methyl sites for hydroxylation is 1. The van der Waals surface area contributed by atoms with Crippen LogP contribution < -0.4 is 15.1 Å². The second kappa shape index (κ2) is 6.86. The van der Waals surface area contributed by atoms with E-state index < -0.39 is 0 Å². The maximum atomic E-state index is 13.1. The SMILES string of the molecule is Cc1cc(NC(C)(C)C)nc(N2CCN(c3ccc(F)cc3)CC2)n1. The van der Waals surface area contributed by atoms with Crippen LogP contribution in [0.1, 0.15) is 26.5 Å². The lowest BCUT2D eigenvalue weighted by molar-refractivity contribution is 0.620. The van der Waals surface area contributed by atoms with Crippen molar-refractivity contribution >= 4 is 17.5 Å². The molecule has 0 spiro atoms. The van der Waals surface area contributed by atoms with Crippen LogP contribution in [-0.2, 0) is 0 Å². The maximum absolute atomic E-state index is 13.1. The summed E-state index contributed by atoms with van der Waals surface area (Å²) in [6.45, 7) is 11.8. The molecule has 3 rings (SSSR count). The lowest BCUT2D eigenvalue weighted by Gasteiger charge is -2.36. The van der Waals surface area contributed by atoms with Crippen molar-refractivity contribution in [2.24, 2.45) is 0 Å². The highest BCUT2D eigenvalue weighted by Gasteiger charge is 2.20. The molecule has 0 radical (unpaired) electrons. The van der Waals surface area contributed by atoms with Gasteiger partial charge in [-0.2, -0.15) is 4.98 Å². The molecule has 6 heteroatoms. The van der Waals surface area contributed by atoms with Gasteiger partial charge in [0.25, 0.3) is 0 Å². The number of halogens is 1. The summed E-state index contributed by atoms with van der Waals surface area (Å²) in [7, 11) is 0. The third-order valence-corrected chi connectivity index (χ3v) is 4.10. The third kappa shape index (κ3) is 4.59. The van der Waals surface area contributed by atoms with E-state index in [4.69, 9.17) is 0 Å². The molecule has 25 heavy (non-hydrogen) atoms. The van der Waals surface area contributed by atoms with E-state index >= 15 is 0 Å². The van der Waals surface area contributed by atoms with Crippen molar-refractivity contribution in [2.45, 2.75) is 33.2 Å². The Morgan fingerprint density at radius 3 is 2.16 bits per heavy atom. The molecule has 0 atom stereocenters. The number of hydrogen-bond donors (Lipinski definition) is 1. The van der Waals surface area contributed by atoms with Crippen molar-refractivity contribution in [2.75, 3.05) is 41.3 Å². The average molecular weight is 343 g/mol. The van der Waals surface area contributed by atoms with E-state index in [0.717, 1.165) is 49.3 Å². The molecule has 1 aliphatic rings. The van der Waals surface area contributed by atoms with Crippen LogP contribution in [-0.4, -0.2) is 41.7 Å². The highest BCUT2D eigenvalue weighted by Crippen LogP contribution is 2.21. The Morgan fingerprint density at radius 2 is 1.56 bits per heavy atom. The van der Waals surface area contributed by atoms with Crippen LogP contribution in [0.4, 0.5) is 21.8 Å². The maximum Gasteiger partial charge on any atom is 0.227 e. The normalized spacial score (nSPS) is 15.4. The van der Waals surface area contributed by atoms with Gasteiger partial charge in [-0.05, 0) is 52.0 Å². The molecule has 1 N–H and O–H groups in total. The summed E-state index contributed by atoms with van der Waals surface area (Å²) < 4.78 is 13.1. The first kappa shape index (κ1) is 17.5. The van der Waals surface area contributed by atoms with Crippen molar-refractivity contribution in [3.63, 3.8) is 0 Å². The molecule has 1 fully saturated rings. The van der Waals surface area contributed by atoms with Crippen LogP contribution in [0.25, 0.3) is 0 Å². The van der Waals surface area contributed by atoms with Crippen LogP contribution in [0.2, 0.25) is 0 Å². The molecule has 134 valence electrons. The third-order valence-electron chi connectivity index (χ3n) is 4.10. The van der Waals surface area contributed by atoms with Crippen LogP contribution in [0.5, 0.6) is 0 Å². The molecule has 2 heterocycles. The van der Waals surface area contributed by atoms with Crippen LogP contribution in [0.3, 0.4) is 0 Å². The molecule has 0 aliphatic carbocycles. The molecule has 0 bridgehead atoms. The minimum absolute atomic E-state index is 0.0423. The largest absolute Gasteiger partial charge is 0.368 e. The smallest absolute Gasteiger partial charge is 0.227 e. The molecule has 2 aromatic rings. The minimum Gasteiger partial charge on any atom is -0.368 e. The van der Waals surface area contributed by atoms with E-state index in [2.05, 4.69) is 45.9 Å². The Bertz CT molecular complexity index is 716. The molecular formula is C19H26FN5. The summed E-state index contributed by atoms with van der Waals surface area (Å²) in [5.41, 5.74) is 1.97. The number of aromatic nitrogens is 2. The molecule has 0 saturated carbocycles. The molecule has 1 aromatic carbocycles. The zero-order chi connectivity index (χ0) is 18.0. The highest BCUT2D eigenvalue weighted by molar-refractivity contribution is 5.50. The number of anilines is 3. The monoisotopic (exact) mass is 343 g/mol. The number of rotatable bonds is 3. The number of piperazine rings is 1. The minimum atomic E-state index is -0.200. The molecule has 0 amide bonds. The van der Waals surface area contributed by atoms with E-state index in [-0.39, 0.29) is 11.4 Å². The first-order chi connectivity index (χ1) is 11.8. The number of nitrogens with one attached hydrogen (secondary N) is 1. The van der Waals surface area contributed by atoms with E-state index in [1.807, 2.05) is 25.1 Å². The summed E-state index contributed by atoms with van der Waals surface area (Å²) in [5, 5.41) is 3.42. The fraction of sp³-hybridized carbons (Fsp3) is 0.474. The van der Waals surface area contributed by atoms with Gasteiger partial charge in [-0.15, -0.1) is 0 Å². The number of nitrogens with zero attached hydrogens (tertiary/aromatic N) is 4. The molecule has 1 aromatic heterocycles. The van der Waals surface area contributed by atoms with E-state index in [1.54, 1.807) is 0 Å². The lowest BCUT2D eigenvalue weighted by atomic mass is 10.1. The van der Waals surface area contributed by atoms with Gasteiger partial charge < -0.3 is 15.1 Å². The van der Waals surface area contributed by atoms with Gasteiger partial charge in [0.1, 0.15) is 11.6 Å². The Hall–Kier alpha value is -2.37. The van der Waals surface area contributed by atoms with Crippen LogP contribution in [0.15, 0.2) is 30.3 Å². The van der Waals surface area contributed by atoms with Crippen molar-refractivity contribution in [1.82, 2.24) is 9.97 Å². The fourth-order valence-corrected chi connectivity index (χ4v) is 2.96. The van der Waals surface area contributed by atoms with Crippen molar-refractivity contribution in [3.8, 4) is 0 Å². The van der Waals surface area contributed by atoms with Gasteiger partial charge in [-0.1, -0.05) is 0 Å². The Labute approximate surface area is 148 Å². The van der Waals surface area contributed by atoms with Crippen molar-refractivity contribution in [3.05, 3.63) is 41.8 Å². The summed E-state index contributed by atoms with van der Waals surface area (Å²) >= 11 is 0. The molecule has 5 nitrogen and oxygen atoms in total. The zero-order valence-corrected chi connectivity index (χ0v) is 15.4. The van der Waals surface area contributed by atoms with E-state index in [1.165, 1.54) is 12.1 Å². The fourth-order valence-electron chi connectivity index (χ4n) is 2.96. The number of hydrogen-bond acceptors (Lipinski definition) is 5. The van der Waals surface area contributed by atoms with Crippen molar-refractivity contribution in [1.29, 1.82) is 0 Å². The predicted molar refractivity (Wildman–Crippen MR) is 101 cm³/mol. The van der Waals surface area contributed by atoms with Crippen LogP contribution >= 0.6 is 0 Å². The first-order valence-electron chi connectivity index (χ1n) is 8.69. The zero-order valence-electron chi connectivity index (χ0n) is 15.4. The Kier molecular flexibility index (Phi) is 4.79. The predicted octanol–water partition coefficient (Wildman–Crippen LogP) is 3.46. The van der Waals surface area contributed by atoms with Gasteiger partial charge in [0.2, 0.25) is 5.95 Å². The molecule has 1 aliphatic heterocycles. The quantitative estimate of drug-likeness (QED) is 0.925. The standard InChI is InChI=1S/C19H26FN5/c1-14-13-17(23-19(2,3)4)22-18(21-14)25-11-9-24(10-12-25)16-7-5-15(20)6-8-16/h5-8,13H,9-12H2,1-4H3,(H,21,22,23). The average Bonchev–Trinajstić information content (AvgIpc) is 2.53. The van der Waals surface area contributed by atoms with Gasteiger partial charge in [-0.25, -0.2) is 9.37 Å². The van der Waals surface area contributed by atoms with E-state index in [0.29, 0.717) is 0 Å². The second-order valence-corrected chi connectivity index (χ2v) is 7.52. The van der Waals surface area contributed by atoms with Gasteiger partial charge >= 0.3 is 0 Å². The van der Waals surface area contributed by atoms with Gasteiger partial charge in [0.05, 0.1) is 0 Å². The summed E-state index contributed by atoms with van der Waals surface area (Å²) in [6, 6.07) is 8.66. The summed E-state index contributed by atoms with van der Waals surface area (Å²) in [4.78, 5) is 13.8. The highest BCUT2D eigenvalue weighted by atomic mass is 19.1. The second-order valence-electron chi connectivity index (χ2n) is 7.52. The first-order valence-corrected chi connectivity index (χ1v) is 8.69. The summed E-state index contributed by atoms with van der Waals surface area (Å²) in [6.07, 6.45) is 0. The van der Waals surface area contributed by atoms with Crippen molar-refractivity contribution < 1.29 is 4.39 Å². The number of benzene rings is 1. The van der Waals surface area contributed by atoms with Gasteiger partial charge in [-0.3, -0.25) is 0 Å². The van der Waals surface area contributed by atoms with Gasteiger partial charge in [0.15, 0.2) is 0 Å². The molecule has 0 unspecified atom stereocenters. The van der Waals surface area contributed by atoms with Crippen LogP contribution in [0, 0.1) is 12.7 Å². The lowest BCUT2D eigenvalue weighted by Crippen LogP contribution is -2.47. The molecule has 1 saturated heterocycles. The topological polar surface area (TPSA) is 44.3 Å². The summed E-state index contributed by atoms with van der Waals surface area (Å²) in [5.74, 6) is 1.43.